The highest BCUT2D eigenvalue weighted by Crippen LogP contribution is 2.18. The summed E-state index contributed by atoms with van der Waals surface area (Å²) in [5.41, 5.74) is 0.553. The lowest BCUT2D eigenvalue weighted by molar-refractivity contribution is -0.116. The van der Waals surface area contributed by atoms with Gasteiger partial charge < -0.3 is 4.90 Å². The summed E-state index contributed by atoms with van der Waals surface area (Å²) in [7, 11) is 0. The van der Waals surface area contributed by atoms with Crippen LogP contribution in [0.15, 0.2) is 28.2 Å². The molecule has 1 aromatic rings. The van der Waals surface area contributed by atoms with E-state index in [-0.39, 0.29) is 5.78 Å². The molecule has 0 amide bonds. The fourth-order valence-corrected chi connectivity index (χ4v) is 2.56. The van der Waals surface area contributed by atoms with Crippen molar-refractivity contribution in [1.82, 2.24) is 4.90 Å². The number of Topliss-reactive ketones (excluding diaryl/α,β-unsaturated/α-hetero) is 1. The van der Waals surface area contributed by atoms with Crippen LogP contribution < -0.4 is 0 Å². The van der Waals surface area contributed by atoms with Gasteiger partial charge in [0.1, 0.15) is 11.5 Å². The molecule has 5 heteroatoms. The number of carbonyl (C=O) groups excluding carboxylic acids is 1. The minimum atomic E-state index is 0.0728. The molecule has 0 spiro atoms. The minimum Gasteiger partial charge on any atom is -0.352 e. The van der Waals surface area contributed by atoms with Crippen molar-refractivity contribution in [3.8, 4) is 0 Å². The topological polar surface area (TPSA) is 32.7 Å². The summed E-state index contributed by atoms with van der Waals surface area (Å²) in [4.78, 5) is 19.4. The second-order valence-electron chi connectivity index (χ2n) is 4.09. The van der Waals surface area contributed by atoms with E-state index in [2.05, 4.69) is 4.99 Å². The van der Waals surface area contributed by atoms with E-state index in [1.54, 1.807) is 11.3 Å². The number of carbonyl (C=O) groups is 1. The third-order valence-electron chi connectivity index (χ3n) is 2.74. The molecule has 18 heavy (non-hydrogen) atoms. The van der Waals surface area contributed by atoms with Crippen LogP contribution in [0.3, 0.4) is 0 Å². The van der Waals surface area contributed by atoms with Crippen molar-refractivity contribution >= 4 is 40.6 Å². The second kappa shape index (κ2) is 6.16. The molecule has 0 radical (unpaired) electrons. The van der Waals surface area contributed by atoms with Crippen molar-refractivity contribution in [2.45, 2.75) is 13.3 Å². The van der Waals surface area contributed by atoms with Crippen molar-refractivity contribution in [3.63, 3.8) is 0 Å². The van der Waals surface area contributed by atoms with E-state index in [1.807, 2.05) is 35.4 Å². The third-order valence-corrected chi connectivity index (χ3v) is 3.83. The first-order valence-electron chi connectivity index (χ1n) is 5.85. The van der Waals surface area contributed by atoms with Crippen molar-refractivity contribution in [2.75, 3.05) is 19.0 Å². The van der Waals surface area contributed by atoms with Gasteiger partial charge in [-0.2, -0.15) is 0 Å². The largest absolute Gasteiger partial charge is 0.352 e. The second-order valence-corrected chi connectivity index (χ2v) is 5.45. The van der Waals surface area contributed by atoms with Gasteiger partial charge in [0.25, 0.3) is 0 Å². The summed E-state index contributed by atoms with van der Waals surface area (Å²) in [5.74, 6) is 1.57. The fraction of sp³-hybridized carbons (Fsp3) is 0.385. The predicted octanol–water partition coefficient (Wildman–Crippen LogP) is 3.02. The van der Waals surface area contributed by atoms with Crippen molar-refractivity contribution < 1.29 is 4.79 Å². The van der Waals surface area contributed by atoms with Crippen LogP contribution in [0.2, 0.25) is 0 Å². The summed E-state index contributed by atoms with van der Waals surface area (Å²) in [6, 6.07) is 3.95. The number of halogens is 1. The van der Waals surface area contributed by atoms with E-state index in [1.165, 1.54) is 0 Å². The Morgan fingerprint density at radius 3 is 3.11 bits per heavy atom. The number of hydrogen-bond acceptors (Lipinski definition) is 4. The Bertz CT molecular complexity index is 479. The van der Waals surface area contributed by atoms with E-state index < -0.39 is 0 Å². The molecule has 1 aliphatic rings. The lowest BCUT2D eigenvalue weighted by atomic mass is 10.2. The molecule has 0 N–H and O–H groups in total. The highest BCUT2D eigenvalue weighted by atomic mass is 35.5. The Balaban J connectivity index is 2.16. The summed E-state index contributed by atoms with van der Waals surface area (Å²) < 4.78 is 0. The quantitative estimate of drug-likeness (QED) is 0.628. The molecule has 1 aliphatic heterocycles. The average molecular weight is 283 g/mol. The lowest BCUT2D eigenvalue weighted by Crippen LogP contribution is -2.39. The molecule has 2 rings (SSSR count). The highest BCUT2D eigenvalue weighted by molar-refractivity contribution is 7.10. The van der Waals surface area contributed by atoms with Crippen molar-refractivity contribution in [1.29, 1.82) is 0 Å². The molecule has 3 nitrogen and oxygen atoms in total. The summed E-state index contributed by atoms with van der Waals surface area (Å²) >= 11 is 7.27. The van der Waals surface area contributed by atoms with Crippen LogP contribution in [-0.2, 0) is 4.79 Å². The molecule has 0 bridgehead atoms. The first-order valence-corrected chi connectivity index (χ1v) is 7.26. The SMILES string of the molecule is CC1=N/C(=C/c2cccs2)C(=O)CN1CCCCl. The molecule has 1 aromatic heterocycles. The fourth-order valence-electron chi connectivity index (χ4n) is 1.79. The summed E-state index contributed by atoms with van der Waals surface area (Å²) in [6.07, 6.45) is 2.72. The van der Waals surface area contributed by atoms with E-state index in [0.717, 1.165) is 23.7 Å². The predicted molar refractivity (Wildman–Crippen MR) is 77.3 cm³/mol. The highest BCUT2D eigenvalue weighted by Gasteiger charge is 2.21. The molecule has 0 atom stereocenters. The summed E-state index contributed by atoms with van der Waals surface area (Å²) in [5, 5.41) is 1.99. The standard InChI is InChI=1S/C13H15ClN2OS/c1-10-15-12(8-11-4-2-7-18-11)13(17)9-16(10)6-3-5-14/h2,4,7-8H,3,5-6,9H2,1H3/b12-8+. The van der Waals surface area contributed by atoms with Crippen molar-refractivity contribution in [2.24, 2.45) is 4.99 Å². The zero-order chi connectivity index (χ0) is 13.0. The van der Waals surface area contributed by atoms with Crippen LogP contribution in [0.5, 0.6) is 0 Å². The van der Waals surface area contributed by atoms with Crippen LogP contribution in [0.4, 0.5) is 0 Å². The molecule has 2 heterocycles. The molecule has 0 saturated carbocycles. The Labute approximate surface area is 116 Å². The first kappa shape index (κ1) is 13.3. The molecule has 0 saturated heterocycles. The van der Waals surface area contributed by atoms with Gasteiger partial charge in [0.15, 0.2) is 0 Å². The van der Waals surface area contributed by atoms with Gasteiger partial charge in [-0.15, -0.1) is 22.9 Å². The number of nitrogens with zero attached hydrogens (tertiary/aromatic N) is 2. The van der Waals surface area contributed by atoms with Crippen LogP contribution in [0, 0.1) is 0 Å². The van der Waals surface area contributed by atoms with Gasteiger partial charge in [-0.1, -0.05) is 6.07 Å². The lowest BCUT2D eigenvalue weighted by Gasteiger charge is -2.27. The normalized spacial score (nSPS) is 18.3. The van der Waals surface area contributed by atoms with Crippen LogP contribution in [-0.4, -0.2) is 35.5 Å². The van der Waals surface area contributed by atoms with E-state index >= 15 is 0 Å². The van der Waals surface area contributed by atoms with Crippen LogP contribution >= 0.6 is 22.9 Å². The number of rotatable bonds is 4. The van der Waals surface area contributed by atoms with Gasteiger partial charge in [0, 0.05) is 17.3 Å². The maximum absolute atomic E-state index is 12.0. The third kappa shape index (κ3) is 3.21. The molecule has 0 aliphatic carbocycles. The Hall–Kier alpha value is -1.13. The van der Waals surface area contributed by atoms with Gasteiger partial charge in [-0.3, -0.25) is 4.79 Å². The Kier molecular flexibility index (Phi) is 4.55. The number of aliphatic imine (C=N–C) groups is 1. The molecule has 0 fully saturated rings. The number of thiophene rings is 1. The van der Waals surface area contributed by atoms with Crippen LogP contribution in [0.25, 0.3) is 6.08 Å². The number of hydrogen-bond donors (Lipinski definition) is 0. The monoisotopic (exact) mass is 282 g/mol. The number of amidine groups is 1. The van der Waals surface area contributed by atoms with Gasteiger partial charge in [0.05, 0.1) is 6.54 Å². The zero-order valence-corrected chi connectivity index (χ0v) is 11.8. The molecular formula is C13H15ClN2OS. The smallest absolute Gasteiger partial charge is 0.200 e. The van der Waals surface area contributed by atoms with E-state index in [9.17, 15) is 4.79 Å². The van der Waals surface area contributed by atoms with Crippen LogP contribution in [0.1, 0.15) is 18.2 Å². The summed E-state index contributed by atoms with van der Waals surface area (Å²) in [6.45, 7) is 3.13. The molecule has 0 aromatic carbocycles. The maximum Gasteiger partial charge on any atom is 0.200 e. The number of alkyl halides is 1. The van der Waals surface area contributed by atoms with Gasteiger partial charge >= 0.3 is 0 Å². The Morgan fingerprint density at radius 1 is 1.61 bits per heavy atom. The number of ketones is 1. The molecular weight excluding hydrogens is 268 g/mol. The Morgan fingerprint density at radius 2 is 2.44 bits per heavy atom. The van der Waals surface area contributed by atoms with Crippen molar-refractivity contribution in [3.05, 3.63) is 28.1 Å². The maximum atomic E-state index is 12.0. The van der Waals surface area contributed by atoms with Gasteiger partial charge in [-0.05, 0) is 30.9 Å². The van der Waals surface area contributed by atoms with Gasteiger partial charge in [0.2, 0.25) is 5.78 Å². The minimum absolute atomic E-state index is 0.0728. The first-order chi connectivity index (χ1) is 8.70. The van der Waals surface area contributed by atoms with Gasteiger partial charge in [-0.25, -0.2) is 4.99 Å². The zero-order valence-electron chi connectivity index (χ0n) is 10.2. The molecule has 0 unspecified atom stereocenters. The van der Waals surface area contributed by atoms with E-state index in [4.69, 9.17) is 11.6 Å². The average Bonchev–Trinajstić information content (AvgIpc) is 2.84. The molecule has 96 valence electrons. The van der Waals surface area contributed by atoms with E-state index in [0.29, 0.717) is 18.1 Å².